The van der Waals surface area contributed by atoms with Crippen molar-refractivity contribution in [2.75, 3.05) is 18.0 Å². The predicted molar refractivity (Wildman–Crippen MR) is 72.2 cm³/mol. The van der Waals surface area contributed by atoms with E-state index in [0.29, 0.717) is 0 Å². The van der Waals surface area contributed by atoms with Gasteiger partial charge in [-0.05, 0) is 34.6 Å². The highest BCUT2D eigenvalue weighted by molar-refractivity contribution is 5.35. The fourth-order valence-electron chi connectivity index (χ4n) is 1.51. The van der Waals surface area contributed by atoms with Gasteiger partial charge in [0.1, 0.15) is 5.82 Å². The lowest BCUT2D eigenvalue weighted by molar-refractivity contribution is 0.421. The zero-order chi connectivity index (χ0) is 12.9. The van der Waals surface area contributed by atoms with E-state index in [2.05, 4.69) is 54.8 Å². The van der Waals surface area contributed by atoms with Crippen LogP contribution in [0.15, 0.2) is 12.4 Å². The van der Waals surface area contributed by atoms with Crippen LogP contribution in [0.3, 0.4) is 0 Å². The smallest absolute Gasteiger partial charge is 0.147 e. The second kappa shape index (κ2) is 5.96. The molecule has 1 N–H and O–H groups in total. The van der Waals surface area contributed by atoms with Gasteiger partial charge in [-0.3, -0.25) is 4.98 Å². The minimum atomic E-state index is 0.110. The molecule has 0 aliphatic heterocycles. The molecule has 0 radical (unpaired) electrons. The Morgan fingerprint density at radius 1 is 1.12 bits per heavy atom. The largest absolute Gasteiger partial charge is 0.356 e. The van der Waals surface area contributed by atoms with Gasteiger partial charge in [0.05, 0.1) is 18.1 Å². The SMILES string of the molecule is CCN(CC)c1cnc(CNC(C)(C)C)cn1. The minimum absolute atomic E-state index is 0.110. The van der Waals surface area contributed by atoms with Crippen molar-refractivity contribution < 1.29 is 0 Å². The number of nitrogens with one attached hydrogen (secondary N) is 1. The first-order valence-electron chi connectivity index (χ1n) is 6.27. The van der Waals surface area contributed by atoms with Gasteiger partial charge in [0.15, 0.2) is 0 Å². The fraction of sp³-hybridized carbons (Fsp3) is 0.692. The summed E-state index contributed by atoms with van der Waals surface area (Å²) >= 11 is 0. The summed E-state index contributed by atoms with van der Waals surface area (Å²) in [6.07, 6.45) is 3.71. The number of hydrogen-bond acceptors (Lipinski definition) is 4. The van der Waals surface area contributed by atoms with Crippen molar-refractivity contribution in [1.82, 2.24) is 15.3 Å². The first-order chi connectivity index (χ1) is 7.96. The van der Waals surface area contributed by atoms with Crippen LogP contribution in [0.2, 0.25) is 0 Å². The van der Waals surface area contributed by atoms with Crippen molar-refractivity contribution in [3.63, 3.8) is 0 Å². The Bertz CT molecular complexity index is 322. The van der Waals surface area contributed by atoms with E-state index in [0.717, 1.165) is 31.1 Å². The number of anilines is 1. The number of hydrogen-bond donors (Lipinski definition) is 1. The summed E-state index contributed by atoms with van der Waals surface area (Å²) in [6.45, 7) is 13.4. The maximum absolute atomic E-state index is 4.44. The Morgan fingerprint density at radius 2 is 1.76 bits per heavy atom. The van der Waals surface area contributed by atoms with Crippen LogP contribution in [0.5, 0.6) is 0 Å². The molecule has 1 rings (SSSR count). The van der Waals surface area contributed by atoms with E-state index in [4.69, 9.17) is 0 Å². The molecule has 0 amide bonds. The molecule has 17 heavy (non-hydrogen) atoms. The summed E-state index contributed by atoms with van der Waals surface area (Å²) in [5.41, 5.74) is 1.09. The maximum atomic E-state index is 4.44. The second-order valence-corrected chi connectivity index (χ2v) is 5.14. The van der Waals surface area contributed by atoms with Crippen LogP contribution in [0.4, 0.5) is 5.82 Å². The summed E-state index contributed by atoms with van der Waals surface area (Å²) in [5.74, 6) is 0.953. The minimum Gasteiger partial charge on any atom is -0.356 e. The van der Waals surface area contributed by atoms with Gasteiger partial charge in [0.2, 0.25) is 0 Å². The normalized spacial score (nSPS) is 11.6. The molecule has 4 nitrogen and oxygen atoms in total. The van der Waals surface area contributed by atoms with Crippen LogP contribution in [0.25, 0.3) is 0 Å². The Morgan fingerprint density at radius 3 is 2.18 bits per heavy atom. The highest BCUT2D eigenvalue weighted by Gasteiger charge is 2.09. The summed E-state index contributed by atoms with van der Waals surface area (Å²) in [6, 6.07) is 0. The van der Waals surface area contributed by atoms with E-state index >= 15 is 0 Å². The Balaban J connectivity index is 2.62. The molecule has 0 aliphatic carbocycles. The van der Waals surface area contributed by atoms with Gasteiger partial charge >= 0.3 is 0 Å². The first kappa shape index (κ1) is 13.9. The molecule has 0 saturated heterocycles. The van der Waals surface area contributed by atoms with Crippen LogP contribution < -0.4 is 10.2 Å². The lowest BCUT2D eigenvalue weighted by Gasteiger charge is -2.21. The molecule has 0 bridgehead atoms. The van der Waals surface area contributed by atoms with Gasteiger partial charge in [-0.15, -0.1) is 0 Å². The van der Waals surface area contributed by atoms with Crippen LogP contribution >= 0.6 is 0 Å². The summed E-state index contributed by atoms with van der Waals surface area (Å²) in [7, 11) is 0. The molecule has 1 aromatic heterocycles. The monoisotopic (exact) mass is 236 g/mol. The van der Waals surface area contributed by atoms with E-state index in [1.807, 2.05) is 12.4 Å². The van der Waals surface area contributed by atoms with Gasteiger partial charge in [0, 0.05) is 25.2 Å². The van der Waals surface area contributed by atoms with E-state index in [1.165, 1.54) is 0 Å². The fourth-order valence-corrected chi connectivity index (χ4v) is 1.51. The molecule has 0 unspecified atom stereocenters. The van der Waals surface area contributed by atoms with Gasteiger partial charge in [0.25, 0.3) is 0 Å². The maximum Gasteiger partial charge on any atom is 0.147 e. The van der Waals surface area contributed by atoms with Crippen molar-refractivity contribution in [1.29, 1.82) is 0 Å². The Kier molecular flexibility index (Phi) is 4.87. The van der Waals surface area contributed by atoms with Crippen LogP contribution in [-0.4, -0.2) is 28.6 Å². The molecule has 0 atom stereocenters. The standard InChI is InChI=1S/C13H24N4/c1-6-17(7-2)12-10-14-11(8-15-12)9-16-13(3,4)5/h8,10,16H,6-7,9H2,1-5H3. The molecule has 0 spiro atoms. The first-order valence-corrected chi connectivity index (χ1v) is 6.27. The van der Waals surface area contributed by atoms with Gasteiger partial charge in [-0.25, -0.2) is 4.98 Å². The molecule has 0 fully saturated rings. The van der Waals surface area contributed by atoms with Crippen LogP contribution in [0, 0.1) is 0 Å². The number of aromatic nitrogens is 2. The third kappa shape index (κ3) is 4.69. The number of nitrogens with zero attached hydrogens (tertiary/aromatic N) is 3. The lowest BCUT2D eigenvalue weighted by Crippen LogP contribution is -2.35. The predicted octanol–water partition coefficient (Wildman–Crippen LogP) is 2.21. The molecule has 1 heterocycles. The lowest BCUT2D eigenvalue weighted by atomic mass is 10.1. The molecule has 4 heteroatoms. The molecule has 1 aromatic rings. The van der Waals surface area contributed by atoms with E-state index < -0.39 is 0 Å². The van der Waals surface area contributed by atoms with Crippen LogP contribution in [0.1, 0.15) is 40.3 Å². The highest BCUT2D eigenvalue weighted by atomic mass is 15.2. The van der Waals surface area contributed by atoms with Crippen molar-refractivity contribution in [2.45, 2.75) is 46.7 Å². The average molecular weight is 236 g/mol. The molecule has 96 valence electrons. The zero-order valence-electron chi connectivity index (χ0n) is 11.6. The molecule has 0 saturated carbocycles. The third-order valence-corrected chi connectivity index (χ3v) is 2.58. The molecular weight excluding hydrogens is 212 g/mol. The number of rotatable bonds is 5. The summed E-state index contributed by atoms with van der Waals surface area (Å²) in [4.78, 5) is 11.1. The van der Waals surface area contributed by atoms with E-state index in [-0.39, 0.29) is 5.54 Å². The quantitative estimate of drug-likeness (QED) is 0.851. The van der Waals surface area contributed by atoms with Gasteiger partial charge < -0.3 is 10.2 Å². The van der Waals surface area contributed by atoms with E-state index in [1.54, 1.807) is 0 Å². The molecule has 0 aliphatic rings. The topological polar surface area (TPSA) is 41.1 Å². The molecular formula is C13H24N4. The van der Waals surface area contributed by atoms with Crippen molar-refractivity contribution in [3.05, 3.63) is 18.1 Å². The van der Waals surface area contributed by atoms with Gasteiger partial charge in [-0.2, -0.15) is 0 Å². The summed E-state index contributed by atoms with van der Waals surface area (Å²) < 4.78 is 0. The Hall–Kier alpha value is -1.16. The van der Waals surface area contributed by atoms with E-state index in [9.17, 15) is 0 Å². The van der Waals surface area contributed by atoms with Crippen molar-refractivity contribution >= 4 is 5.82 Å². The van der Waals surface area contributed by atoms with Crippen LogP contribution in [-0.2, 0) is 6.54 Å². The van der Waals surface area contributed by atoms with Crippen molar-refractivity contribution in [2.24, 2.45) is 0 Å². The molecule has 0 aromatic carbocycles. The van der Waals surface area contributed by atoms with Gasteiger partial charge in [-0.1, -0.05) is 0 Å². The summed E-state index contributed by atoms with van der Waals surface area (Å²) in [5, 5.41) is 3.40. The van der Waals surface area contributed by atoms with Crippen molar-refractivity contribution in [3.8, 4) is 0 Å². The average Bonchev–Trinajstić information content (AvgIpc) is 2.29. The Labute approximate surface area is 104 Å². The third-order valence-electron chi connectivity index (χ3n) is 2.58. The second-order valence-electron chi connectivity index (χ2n) is 5.14. The zero-order valence-corrected chi connectivity index (χ0v) is 11.6. The highest BCUT2D eigenvalue weighted by Crippen LogP contribution is 2.08.